The van der Waals surface area contributed by atoms with Crippen LogP contribution in [0.25, 0.3) is 0 Å². The van der Waals surface area contributed by atoms with Gasteiger partial charge in [0, 0.05) is 16.7 Å². The van der Waals surface area contributed by atoms with E-state index < -0.39 is 0 Å². The molecule has 0 radical (unpaired) electrons. The Balaban J connectivity index is 1.62. The Hall–Kier alpha value is -2.05. The molecule has 2 rings (SSSR count). The lowest BCUT2D eigenvalue weighted by Gasteiger charge is -2.09. The van der Waals surface area contributed by atoms with E-state index >= 15 is 0 Å². The van der Waals surface area contributed by atoms with Gasteiger partial charge < -0.3 is 20.1 Å². The van der Waals surface area contributed by atoms with E-state index in [0.717, 1.165) is 21.7 Å². The van der Waals surface area contributed by atoms with Crippen molar-refractivity contribution in [1.82, 2.24) is 5.32 Å². The maximum absolute atomic E-state index is 11.8. The smallest absolute Gasteiger partial charge is 0.238 e. The molecule has 1 amide bonds. The number of benzene rings is 2. The van der Waals surface area contributed by atoms with Crippen LogP contribution < -0.4 is 20.1 Å². The monoisotopic (exact) mass is 378 g/mol. The molecule has 0 aromatic heterocycles. The van der Waals surface area contributed by atoms with Crippen molar-refractivity contribution in [3.63, 3.8) is 0 Å². The summed E-state index contributed by atoms with van der Waals surface area (Å²) in [5.41, 5.74) is 0.764. The minimum atomic E-state index is -0.0902. The van der Waals surface area contributed by atoms with Crippen LogP contribution >= 0.6 is 15.9 Å². The lowest BCUT2D eigenvalue weighted by Crippen LogP contribution is -2.31. The van der Waals surface area contributed by atoms with Gasteiger partial charge in [-0.3, -0.25) is 4.79 Å². The number of hydrogen-bond acceptors (Lipinski definition) is 4. The highest BCUT2D eigenvalue weighted by molar-refractivity contribution is 9.10. The topological polar surface area (TPSA) is 59.6 Å². The fourth-order valence-electron chi connectivity index (χ4n) is 1.89. The zero-order chi connectivity index (χ0) is 16.5. The number of amides is 1. The van der Waals surface area contributed by atoms with Crippen molar-refractivity contribution in [2.75, 3.05) is 32.1 Å². The van der Waals surface area contributed by atoms with Crippen LogP contribution in [0.1, 0.15) is 0 Å². The molecule has 0 heterocycles. The van der Waals surface area contributed by atoms with Crippen molar-refractivity contribution in [1.29, 1.82) is 0 Å². The van der Waals surface area contributed by atoms with Gasteiger partial charge in [0.05, 0.1) is 13.7 Å². The molecule has 0 unspecified atom stereocenters. The molecule has 0 saturated heterocycles. The Morgan fingerprint density at radius 3 is 2.57 bits per heavy atom. The van der Waals surface area contributed by atoms with Gasteiger partial charge in [-0.05, 0) is 42.5 Å². The maximum Gasteiger partial charge on any atom is 0.238 e. The van der Waals surface area contributed by atoms with E-state index in [1.165, 1.54) is 0 Å². The molecule has 0 atom stereocenters. The lowest BCUT2D eigenvalue weighted by molar-refractivity contribution is -0.115. The Kier molecular flexibility index (Phi) is 6.90. The summed E-state index contributed by atoms with van der Waals surface area (Å²) in [6.45, 7) is 1.30. The first kappa shape index (κ1) is 17.3. The highest BCUT2D eigenvalue weighted by Gasteiger charge is 2.02. The molecule has 122 valence electrons. The third kappa shape index (κ3) is 6.30. The van der Waals surface area contributed by atoms with E-state index in [9.17, 15) is 4.79 Å². The first-order chi connectivity index (χ1) is 11.2. The largest absolute Gasteiger partial charge is 0.497 e. The van der Waals surface area contributed by atoms with Gasteiger partial charge in [-0.25, -0.2) is 0 Å². The SMILES string of the molecule is COc1ccc(OCCNCC(=O)Nc2cccc(Br)c2)cc1. The Bertz CT molecular complexity index is 632. The summed E-state index contributed by atoms with van der Waals surface area (Å²) < 4.78 is 11.6. The van der Waals surface area contributed by atoms with Gasteiger partial charge in [-0.1, -0.05) is 22.0 Å². The number of ether oxygens (including phenoxy) is 2. The van der Waals surface area contributed by atoms with Crippen molar-refractivity contribution in [2.24, 2.45) is 0 Å². The zero-order valence-corrected chi connectivity index (χ0v) is 14.4. The van der Waals surface area contributed by atoms with Crippen LogP contribution in [0.15, 0.2) is 53.0 Å². The number of halogens is 1. The molecule has 2 aromatic rings. The van der Waals surface area contributed by atoms with Crippen LogP contribution in [0.3, 0.4) is 0 Å². The summed E-state index contributed by atoms with van der Waals surface area (Å²) in [7, 11) is 1.62. The van der Waals surface area contributed by atoms with E-state index in [-0.39, 0.29) is 12.5 Å². The van der Waals surface area contributed by atoms with Gasteiger partial charge in [-0.15, -0.1) is 0 Å². The molecule has 5 nitrogen and oxygen atoms in total. The predicted molar refractivity (Wildman–Crippen MR) is 94.1 cm³/mol. The summed E-state index contributed by atoms with van der Waals surface area (Å²) in [5, 5.41) is 5.86. The second-order valence-electron chi connectivity index (χ2n) is 4.76. The van der Waals surface area contributed by atoms with Crippen molar-refractivity contribution < 1.29 is 14.3 Å². The molecule has 0 bridgehead atoms. The van der Waals surface area contributed by atoms with Gasteiger partial charge in [0.1, 0.15) is 18.1 Å². The summed E-state index contributed by atoms with van der Waals surface area (Å²) in [5.74, 6) is 1.47. The average Bonchev–Trinajstić information content (AvgIpc) is 2.55. The van der Waals surface area contributed by atoms with Crippen molar-refractivity contribution >= 4 is 27.5 Å². The number of anilines is 1. The highest BCUT2D eigenvalue weighted by atomic mass is 79.9. The third-order valence-electron chi connectivity index (χ3n) is 3.00. The Labute approximate surface area is 144 Å². The molecule has 2 aromatic carbocycles. The number of hydrogen-bond donors (Lipinski definition) is 2. The molecule has 0 aliphatic carbocycles. The first-order valence-corrected chi connectivity index (χ1v) is 7.99. The third-order valence-corrected chi connectivity index (χ3v) is 3.49. The van der Waals surface area contributed by atoms with Gasteiger partial charge >= 0.3 is 0 Å². The van der Waals surface area contributed by atoms with Crippen LogP contribution in [-0.4, -0.2) is 32.7 Å². The van der Waals surface area contributed by atoms with Crippen LogP contribution in [0.5, 0.6) is 11.5 Å². The highest BCUT2D eigenvalue weighted by Crippen LogP contribution is 2.17. The molecule has 0 aliphatic heterocycles. The molecule has 2 N–H and O–H groups in total. The summed E-state index contributed by atoms with van der Waals surface area (Å²) in [4.78, 5) is 11.8. The Morgan fingerprint density at radius 2 is 1.87 bits per heavy atom. The average molecular weight is 379 g/mol. The van der Waals surface area contributed by atoms with Crippen molar-refractivity contribution in [3.05, 3.63) is 53.0 Å². The lowest BCUT2D eigenvalue weighted by atomic mass is 10.3. The Morgan fingerprint density at radius 1 is 1.13 bits per heavy atom. The summed E-state index contributed by atoms with van der Waals surface area (Å²) in [6, 6.07) is 14.8. The fourth-order valence-corrected chi connectivity index (χ4v) is 2.29. The van der Waals surface area contributed by atoms with Crippen LogP contribution in [0, 0.1) is 0 Å². The quantitative estimate of drug-likeness (QED) is 0.693. The number of nitrogens with one attached hydrogen (secondary N) is 2. The molecule has 0 fully saturated rings. The first-order valence-electron chi connectivity index (χ1n) is 7.20. The van der Waals surface area contributed by atoms with Gasteiger partial charge in [0.2, 0.25) is 5.91 Å². The van der Waals surface area contributed by atoms with E-state index in [1.807, 2.05) is 48.5 Å². The number of methoxy groups -OCH3 is 1. The van der Waals surface area contributed by atoms with Crippen LogP contribution in [0.4, 0.5) is 5.69 Å². The molecular formula is C17H19BrN2O3. The molecule has 0 aliphatic rings. The summed E-state index contributed by atoms with van der Waals surface area (Å²) >= 11 is 3.37. The second kappa shape index (κ2) is 9.17. The summed E-state index contributed by atoms with van der Waals surface area (Å²) in [6.07, 6.45) is 0. The standard InChI is InChI=1S/C17H19BrN2O3/c1-22-15-5-7-16(8-6-15)23-10-9-19-12-17(21)20-14-4-2-3-13(18)11-14/h2-8,11,19H,9-10,12H2,1H3,(H,20,21). The van der Waals surface area contributed by atoms with Gasteiger partial charge in [0.15, 0.2) is 0 Å². The van der Waals surface area contributed by atoms with Crippen molar-refractivity contribution in [3.8, 4) is 11.5 Å². The van der Waals surface area contributed by atoms with Crippen molar-refractivity contribution in [2.45, 2.75) is 0 Å². The van der Waals surface area contributed by atoms with E-state index in [4.69, 9.17) is 9.47 Å². The van der Waals surface area contributed by atoms with Crippen LogP contribution in [-0.2, 0) is 4.79 Å². The number of rotatable bonds is 8. The molecule has 23 heavy (non-hydrogen) atoms. The fraction of sp³-hybridized carbons (Fsp3) is 0.235. The molecule has 0 spiro atoms. The van der Waals surface area contributed by atoms with Crippen LogP contribution in [0.2, 0.25) is 0 Å². The van der Waals surface area contributed by atoms with Gasteiger partial charge in [0.25, 0.3) is 0 Å². The zero-order valence-electron chi connectivity index (χ0n) is 12.8. The van der Waals surface area contributed by atoms with E-state index in [2.05, 4.69) is 26.6 Å². The molecular weight excluding hydrogens is 360 g/mol. The minimum Gasteiger partial charge on any atom is -0.497 e. The number of carbonyl (C=O) groups excluding carboxylic acids is 1. The normalized spacial score (nSPS) is 10.2. The molecule has 0 saturated carbocycles. The van der Waals surface area contributed by atoms with E-state index in [0.29, 0.717) is 13.2 Å². The van der Waals surface area contributed by atoms with E-state index in [1.54, 1.807) is 7.11 Å². The van der Waals surface area contributed by atoms with Gasteiger partial charge in [-0.2, -0.15) is 0 Å². The minimum absolute atomic E-state index is 0.0902. The maximum atomic E-state index is 11.8. The number of carbonyl (C=O) groups is 1. The predicted octanol–water partition coefficient (Wildman–Crippen LogP) is 3.06. The molecule has 6 heteroatoms. The second-order valence-corrected chi connectivity index (χ2v) is 5.67.